The molecule has 3 rings (SSSR count). The van der Waals surface area contributed by atoms with Gasteiger partial charge in [0.25, 0.3) is 16.0 Å². The molecule has 7 heteroatoms. The first-order valence-corrected chi connectivity index (χ1v) is 9.15. The molecule has 0 spiro atoms. The molecule has 0 bridgehead atoms. The van der Waals surface area contributed by atoms with Crippen molar-refractivity contribution in [3.63, 3.8) is 0 Å². The topological polar surface area (TPSA) is 83.5 Å². The van der Waals surface area contributed by atoms with Gasteiger partial charge in [0.05, 0.1) is 0 Å². The standard InChI is InChI=1S/C17H12BrNO4S/c18-13-7-5-11(6-8-13)17(20)19-14-9-12-3-1-2-4-15(12)16(10-14)24(21,22)23/h1-10H,(H,19,20)(H,21,22,23). The molecule has 2 N–H and O–H groups in total. The Labute approximate surface area is 147 Å². The number of halogens is 1. The van der Waals surface area contributed by atoms with Crippen LogP contribution >= 0.6 is 15.9 Å². The van der Waals surface area contributed by atoms with Gasteiger partial charge >= 0.3 is 0 Å². The van der Waals surface area contributed by atoms with E-state index in [0.717, 1.165) is 4.47 Å². The molecule has 0 aliphatic heterocycles. The zero-order chi connectivity index (χ0) is 17.3. The predicted octanol–water partition coefficient (Wildman–Crippen LogP) is 4.10. The minimum atomic E-state index is -4.42. The van der Waals surface area contributed by atoms with Crippen molar-refractivity contribution in [2.24, 2.45) is 0 Å². The van der Waals surface area contributed by atoms with E-state index in [9.17, 15) is 17.8 Å². The molecule has 0 radical (unpaired) electrons. The van der Waals surface area contributed by atoms with Gasteiger partial charge in [0, 0.05) is 21.1 Å². The zero-order valence-corrected chi connectivity index (χ0v) is 14.6. The maximum atomic E-state index is 12.3. The van der Waals surface area contributed by atoms with E-state index in [4.69, 9.17) is 0 Å². The number of amides is 1. The van der Waals surface area contributed by atoms with Crippen LogP contribution in [0.1, 0.15) is 10.4 Å². The van der Waals surface area contributed by atoms with E-state index in [2.05, 4.69) is 21.2 Å². The van der Waals surface area contributed by atoms with E-state index >= 15 is 0 Å². The Balaban J connectivity index is 2.04. The summed E-state index contributed by atoms with van der Waals surface area (Å²) in [6.07, 6.45) is 0. The molecule has 3 aromatic carbocycles. The van der Waals surface area contributed by atoms with Crippen LogP contribution in [-0.4, -0.2) is 18.9 Å². The molecule has 24 heavy (non-hydrogen) atoms. The number of anilines is 1. The van der Waals surface area contributed by atoms with E-state index in [0.29, 0.717) is 16.3 Å². The predicted molar refractivity (Wildman–Crippen MR) is 95.9 cm³/mol. The highest BCUT2D eigenvalue weighted by atomic mass is 79.9. The van der Waals surface area contributed by atoms with E-state index in [1.54, 1.807) is 54.6 Å². The Morgan fingerprint density at radius 3 is 2.33 bits per heavy atom. The highest BCUT2D eigenvalue weighted by Crippen LogP contribution is 2.27. The van der Waals surface area contributed by atoms with Crippen LogP contribution in [0.15, 0.2) is 70.0 Å². The number of hydrogen-bond donors (Lipinski definition) is 2. The van der Waals surface area contributed by atoms with Crippen molar-refractivity contribution in [2.75, 3.05) is 5.32 Å². The van der Waals surface area contributed by atoms with Gasteiger partial charge in [-0.1, -0.05) is 40.2 Å². The molecule has 1 amide bonds. The summed E-state index contributed by atoms with van der Waals surface area (Å²) in [4.78, 5) is 12.0. The molecule has 0 aliphatic rings. The molecule has 0 fully saturated rings. The van der Waals surface area contributed by atoms with E-state index in [1.807, 2.05) is 0 Å². The van der Waals surface area contributed by atoms with Crippen LogP contribution in [0.2, 0.25) is 0 Å². The average molecular weight is 406 g/mol. The van der Waals surface area contributed by atoms with E-state index < -0.39 is 10.1 Å². The molecule has 0 atom stereocenters. The second-order valence-corrected chi connectivity index (χ2v) is 7.44. The lowest BCUT2D eigenvalue weighted by Crippen LogP contribution is -2.12. The minimum absolute atomic E-state index is 0.244. The number of carbonyl (C=O) groups excluding carboxylic acids is 1. The van der Waals surface area contributed by atoms with Gasteiger partial charge in [0.2, 0.25) is 0 Å². The highest BCUT2D eigenvalue weighted by Gasteiger charge is 2.16. The number of carbonyl (C=O) groups is 1. The summed E-state index contributed by atoms with van der Waals surface area (Å²) in [6, 6.07) is 16.4. The first-order chi connectivity index (χ1) is 11.3. The van der Waals surface area contributed by atoms with Crippen molar-refractivity contribution in [2.45, 2.75) is 4.90 Å². The van der Waals surface area contributed by atoms with Crippen molar-refractivity contribution in [1.29, 1.82) is 0 Å². The van der Waals surface area contributed by atoms with Crippen LogP contribution in [0.4, 0.5) is 5.69 Å². The molecule has 0 aliphatic carbocycles. The van der Waals surface area contributed by atoms with Crippen molar-refractivity contribution in [3.05, 3.63) is 70.7 Å². The van der Waals surface area contributed by atoms with Gasteiger partial charge in [-0.15, -0.1) is 0 Å². The molecule has 0 saturated carbocycles. The Morgan fingerprint density at radius 2 is 1.67 bits per heavy atom. The van der Waals surface area contributed by atoms with Gasteiger partial charge in [0.1, 0.15) is 4.90 Å². The van der Waals surface area contributed by atoms with Crippen LogP contribution < -0.4 is 5.32 Å². The van der Waals surface area contributed by atoms with Crippen LogP contribution in [0.25, 0.3) is 10.8 Å². The normalized spacial score (nSPS) is 11.4. The summed E-state index contributed by atoms with van der Waals surface area (Å²) < 4.78 is 33.6. The van der Waals surface area contributed by atoms with Crippen molar-refractivity contribution in [3.8, 4) is 0 Å². The summed E-state index contributed by atoms with van der Waals surface area (Å²) in [5.74, 6) is -0.376. The Bertz CT molecular complexity index is 1030. The van der Waals surface area contributed by atoms with Crippen LogP contribution in [-0.2, 0) is 10.1 Å². The number of fused-ring (bicyclic) bond motifs is 1. The summed E-state index contributed by atoms with van der Waals surface area (Å²) in [5.41, 5.74) is 0.717. The molecular weight excluding hydrogens is 394 g/mol. The number of hydrogen-bond acceptors (Lipinski definition) is 3. The molecule has 0 unspecified atom stereocenters. The largest absolute Gasteiger partial charge is 0.322 e. The van der Waals surface area contributed by atoms with Gasteiger partial charge in [-0.25, -0.2) is 0 Å². The van der Waals surface area contributed by atoms with Gasteiger partial charge in [-0.2, -0.15) is 8.42 Å². The lowest BCUT2D eigenvalue weighted by atomic mass is 10.1. The SMILES string of the molecule is O=C(Nc1cc(S(=O)(=O)O)c2ccccc2c1)c1ccc(Br)cc1. The van der Waals surface area contributed by atoms with Gasteiger partial charge in [-0.05, 0) is 41.8 Å². The Kier molecular flexibility index (Phi) is 4.40. The lowest BCUT2D eigenvalue weighted by molar-refractivity contribution is 0.102. The lowest BCUT2D eigenvalue weighted by Gasteiger charge is -2.10. The minimum Gasteiger partial charge on any atom is -0.322 e. The maximum Gasteiger partial charge on any atom is 0.295 e. The molecule has 0 heterocycles. The molecule has 0 aromatic heterocycles. The first-order valence-electron chi connectivity index (χ1n) is 6.92. The molecule has 122 valence electrons. The highest BCUT2D eigenvalue weighted by molar-refractivity contribution is 9.10. The molecule has 3 aromatic rings. The second-order valence-electron chi connectivity index (χ2n) is 5.13. The average Bonchev–Trinajstić information content (AvgIpc) is 2.53. The monoisotopic (exact) mass is 405 g/mol. The third-order valence-electron chi connectivity index (χ3n) is 3.47. The fraction of sp³-hybridized carbons (Fsp3) is 0. The summed E-state index contributed by atoms with van der Waals surface area (Å²) >= 11 is 3.29. The second kappa shape index (κ2) is 6.35. The van der Waals surface area contributed by atoms with E-state index in [-0.39, 0.29) is 16.5 Å². The van der Waals surface area contributed by atoms with E-state index in [1.165, 1.54) is 6.07 Å². The molecule has 5 nitrogen and oxygen atoms in total. The molecule has 0 saturated heterocycles. The van der Waals surface area contributed by atoms with Crippen molar-refractivity contribution < 1.29 is 17.8 Å². The van der Waals surface area contributed by atoms with Gasteiger partial charge in [-0.3, -0.25) is 9.35 Å². The van der Waals surface area contributed by atoms with Crippen molar-refractivity contribution in [1.82, 2.24) is 0 Å². The number of rotatable bonds is 3. The zero-order valence-electron chi connectivity index (χ0n) is 12.2. The fourth-order valence-corrected chi connectivity index (χ4v) is 3.37. The first kappa shape index (κ1) is 16.6. The van der Waals surface area contributed by atoms with Crippen LogP contribution in [0, 0.1) is 0 Å². The van der Waals surface area contributed by atoms with Crippen LogP contribution in [0.3, 0.4) is 0 Å². The van der Waals surface area contributed by atoms with Crippen LogP contribution in [0.5, 0.6) is 0 Å². The smallest absolute Gasteiger partial charge is 0.295 e. The molecular formula is C17H12BrNO4S. The third-order valence-corrected chi connectivity index (χ3v) is 4.89. The summed E-state index contributed by atoms with van der Waals surface area (Å²) in [7, 11) is -4.42. The van der Waals surface area contributed by atoms with Crippen molar-refractivity contribution >= 4 is 48.4 Å². The maximum absolute atomic E-state index is 12.3. The third kappa shape index (κ3) is 3.48. The van der Waals surface area contributed by atoms with Gasteiger partial charge < -0.3 is 5.32 Å². The number of benzene rings is 3. The quantitative estimate of drug-likeness (QED) is 0.642. The Morgan fingerprint density at radius 1 is 1.00 bits per heavy atom. The fourth-order valence-electron chi connectivity index (χ4n) is 2.37. The van der Waals surface area contributed by atoms with Gasteiger partial charge in [0.15, 0.2) is 0 Å². The summed E-state index contributed by atoms with van der Waals surface area (Å²) in [6.45, 7) is 0. The number of nitrogens with one attached hydrogen (secondary N) is 1. The Hall–Kier alpha value is -2.22. The summed E-state index contributed by atoms with van der Waals surface area (Å²) in [5, 5.41) is 3.64.